The number of nitrogens with zero attached hydrogens (tertiary/aromatic N) is 5. The van der Waals surface area contributed by atoms with Crippen LogP contribution in [0.25, 0.3) is 11.3 Å². The first-order valence-corrected chi connectivity index (χ1v) is 11.5. The second-order valence-corrected chi connectivity index (χ2v) is 8.86. The Morgan fingerprint density at radius 1 is 1.06 bits per heavy atom. The third kappa shape index (κ3) is 4.69. The lowest BCUT2D eigenvalue weighted by Crippen LogP contribution is -2.46. The Morgan fingerprint density at radius 2 is 1.82 bits per heavy atom. The Kier molecular flexibility index (Phi) is 6.62. The minimum atomic E-state index is -0.721. The second kappa shape index (κ2) is 9.60. The number of hydrogen-bond acceptors (Lipinski definition) is 5. The van der Waals surface area contributed by atoms with E-state index in [4.69, 9.17) is 0 Å². The Labute approximate surface area is 193 Å². The fraction of sp³-hybridized carbons (Fsp3) is 0.440. The van der Waals surface area contributed by atoms with Gasteiger partial charge in [-0.25, -0.2) is 0 Å². The lowest BCUT2D eigenvalue weighted by molar-refractivity contribution is 0.0661. The summed E-state index contributed by atoms with van der Waals surface area (Å²) in [5.41, 5.74) is 2.94. The molecular formula is C25H31N5O3. The van der Waals surface area contributed by atoms with E-state index in [1.807, 2.05) is 30.9 Å². The number of amides is 1. The van der Waals surface area contributed by atoms with E-state index in [-0.39, 0.29) is 17.6 Å². The van der Waals surface area contributed by atoms with Crippen LogP contribution in [-0.2, 0) is 26.4 Å². The van der Waals surface area contributed by atoms with E-state index >= 15 is 0 Å². The number of benzene rings is 1. The summed E-state index contributed by atoms with van der Waals surface area (Å²) < 4.78 is 3.61. The summed E-state index contributed by atoms with van der Waals surface area (Å²) in [6, 6.07) is 10.6. The normalized spacial score (nSPS) is 15.7. The zero-order valence-electron chi connectivity index (χ0n) is 19.5. The van der Waals surface area contributed by atoms with Crippen LogP contribution in [0.15, 0.2) is 41.3 Å². The molecule has 33 heavy (non-hydrogen) atoms. The maximum absolute atomic E-state index is 12.6. The monoisotopic (exact) mass is 449 g/mol. The number of aryl methyl sites for hydroxylation is 3. The molecule has 0 bridgehead atoms. The van der Waals surface area contributed by atoms with E-state index in [0.717, 1.165) is 37.8 Å². The number of aromatic nitrogens is 4. The number of rotatable bonds is 8. The van der Waals surface area contributed by atoms with Gasteiger partial charge in [-0.3, -0.25) is 14.3 Å². The molecule has 1 N–H and O–H groups in total. The van der Waals surface area contributed by atoms with Crippen molar-refractivity contribution in [2.24, 2.45) is 7.05 Å². The lowest BCUT2D eigenvalue weighted by Gasteiger charge is -2.34. The van der Waals surface area contributed by atoms with Crippen LogP contribution in [0, 0.1) is 0 Å². The number of carbonyl (C=O) groups excluding carboxylic acids is 1. The third-order valence-corrected chi connectivity index (χ3v) is 6.53. The molecule has 0 aliphatic carbocycles. The van der Waals surface area contributed by atoms with E-state index in [2.05, 4.69) is 34.3 Å². The first kappa shape index (κ1) is 22.8. The van der Waals surface area contributed by atoms with Crippen LogP contribution in [0.3, 0.4) is 0 Å². The van der Waals surface area contributed by atoms with Crippen molar-refractivity contribution >= 4 is 5.91 Å². The molecule has 4 rings (SSSR count). The number of fused-ring (bicyclic) bond motifs is 1. The van der Waals surface area contributed by atoms with Crippen molar-refractivity contribution in [1.29, 1.82) is 0 Å². The molecule has 1 atom stereocenters. The van der Waals surface area contributed by atoms with Crippen LogP contribution >= 0.6 is 0 Å². The Morgan fingerprint density at radius 3 is 2.55 bits per heavy atom. The summed E-state index contributed by atoms with van der Waals surface area (Å²) >= 11 is 0. The van der Waals surface area contributed by atoms with Crippen LogP contribution in [0.4, 0.5) is 0 Å². The average molecular weight is 450 g/mol. The van der Waals surface area contributed by atoms with Gasteiger partial charge in [-0.15, -0.1) is 0 Å². The summed E-state index contributed by atoms with van der Waals surface area (Å²) in [6.07, 6.45) is 7.48. The number of unbranched alkanes of at least 4 members (excludes halogenated alkanes) is 3. The molecule has 8 nitrogen and oxygen atoms in total. The van der Waals surface area contributed by atoms with Gasteiger partial charge < -0.3 is 14.6 Å². The zero-order chi connectivity index (χ0) is 23.5. The molecule has 0 spiro atoms. The van der Waals surface area contributed by atoms with Gasteiger partial charge in [0, 0.05) is 44.9 Å². The molecule has 0 saturated carbocycles. The van der Waals surface area contributed by atoms with E-state index in [1.54, 1.807) is 16.5 Å². The molecule has 0 radical (unpaired) electrons. The molecule has 1 aliphatic rings. The smallest absolute Gasteiger partial charge is 0.315 e. The fourth-order valence-electron chi connectivity index (χ4n) is 4.46. The Balaban J connectivity index is 1.32. The molecule has 3 aromatic rings. The molecule has 2 aromatic heterocycles. The van der Waals surface area contributed by atoms with Gasteiger partial charge in [-0.05, 0) is 43.9 Å². The van der Waals surface area contributed by atoms with E-state index in [1.165, 1.54) is 11.1 Å². The molecule has 1 aliphatic heterocycles. The third-order valence-electron chi connectivity index (χ3n) is 6.53. The molecule has 1 aromatic carbocycles. The van der Waals surface area contributed by atoms with Gasteiger partial charge in [0.2, 0.25) is 5.75 Å². The van der Waals surface area contributed by atoms with Gasteiger partial charge in [0.25, 0.3) is 5.91 Å². The highest BCUT2D eigenvalue weighted by molar-refractivity contribution is 5.95. The first-order valence-electron chi connectivity index (χ1n) is 11.5. The molecule has 0 unspecified atom stereocenters. The highest BCUT2D eigenvalue weighted by Crippen LogP contribution is 2.24. The molecule has 0 saturated heterocycles. The summed E-state index contributed by atoms with van der Waals surface area (Å²) in [5, 5.41) is 14.4. The van der Waals surface area contributed by atoms with Crippen molar-refractivity contribution in [3.63, 3.8) is 0 Å². The van der Waals surface area contributed by atoms with Gasteiger partial charge in [0.1, 0.15) is 5.82 Å². The van der Waals surface area contributed by atoms with E-state index in [9.17, 15) is 14.7 Å². The number of aromatic hydroxyl groups is 1. The topological polar surface area (TPSA) is 93.2 Å². The number of hydrogen-bond donors (Lipinski definition) is 1. The van der Waals surface area contributed by atoms with Crippen molar-refractivity contribution in [3.8, 4) is 17.0 Å². The van der Waals surface area contributed by atoms with E-state index in [0.29, 0.717) is 18.8 Å². The summed E-state index contributed by atoms with van der Waals surface area (Å²) in [6.45, 7) is 2.48. The first-order chi connectivity index (χ1) is 15.9. The summed E-state index contributed by atoms with van der Waals surface area (Å²) in [4.78, 5) is 30.3. The van der Waals surface area contributed by atoms with Crippen molar-refractivity contribution in [1.82, 2.24) is 24.2 Å². The summed E-state index contributed by atoms with van der Waals surface area (Å²) in [7, 11) is 3.64. The van der Waals surface area contributed by atoms with Crippen molar-refractivity contribution in [2.45, 2.75) is 58.0 Å². The Hall–Kier alpha value is -3.42. The van der Waals surface area contributed by atoms with Crippen LogP contribution in [0.5, 0.6) is 5.75 Å². The highest BCUT2D eigenvalue weighted by Gasteiger charge is 2.32. The van der Waals surface area contributed by atoms with Crippen LogP contribution in [0.2, 0.25) is 0 Å². The Bertz CT molecular complexity index is 1210. The van der Waals surface area contributed by atoms with Gasteiger partial charge in [-0.2, -0.15) is 10.1 Å². The molecule has 3 heterocycles. The zero-order valence-corrected chi connectivity index (χ0v) is 19.5. The molecule has 8 heteroatoms. The van der Waals surface area contributed by atoms with Crippen LogP contribution in [0.1, 0.15) is 54.5 Å². The number of likely N-dealkylation sites (N-methyl/N-ethyl adjacent to an activating group) is 1. The van der Waals surface area contributed by atoms with Crippen LogP contribution in [-0.4, -0.2) is 48.3 Å². The maximum atomic E-state index is 12.6. The molecular weight excluding hydrogens is 418 g/mol. The molecule has 1 amide bonds. The van der Waals surface area contributed by atoms with Gasteiger partial charge in [0.05, 0.1) is 5.69 Å². The molecule has 0 fully saturated rings. The fourth-order valence-corrected chi connectivity index (χ4v) is 4.46. The second-order valence-electron chi connectivity index (χ2n) is 8.86. The van der Waals surface area contributed by atoms with Gasteiger partial charge >= 0.3 is 5.56 Å². The largest absolute Gasteiger partial charge is 0.501 e. The SMILES string of the molecule is C[C@H]1Cn2c(CCCCCCc3cccc(-c4ccnn4C)c3)nc(=O)c(O)c2C(=O)N1C. The summed E-state index contributed by atoms with van der Waals surface area (Å²) in [5.74, 6) is -0.291. The van der Waals surface area contributed by atoms with Gasteiger partial charge in [0.15, 0.2) is 5.69 Å². The predicted molar refractivity (Wildman–Crippen MR) is 126 cm³/mol. The van der Waals surface area contributed by atoms with Crippen LogP contribution < -0.4 is 5.56 Å². The van der Waals surface area contributed by atoms with Gasteiger partial charge in [-0.1, -0.05) is 31.0 Å². The van der Waals surface area contributed by atoms with Crippen molar-refractivity contribution in [2.75, 3.05) is 7.05 Å². The standard InChI is InChI=1S/C25H31N5O3/c1-17-16-30-21(27-24(32)23(31)22(30)25(33)28(17)2)12-7-5-4-6-9-18-10-8-11-19(15-18)20-13-14-26-29(20)3/h8,10-11,13-15,17,31H,4-7,9,12,16H2,1-3H3/t17-/m0/s1. The van der Waals surface area contributed by atoms with Crippen molar-refractivity contribution in [3.05, 3.63) is 64.0 Å². The van der Waals surface area contributed by atoms with E-state index < -0.39 is 11.3 Å². The quantitative estimate of drug-likeness (QED) is 0.533. The predicted octanol–water partition coefficient (Wildman–Crippen LogP) is 3.17. The maximum Gasteiger partial charge on any atom is 0.315 e. The average Bonchev–Trinajstić information content (AvgIpc) is 3.23. The highest BCUT2D eigenvalue weighted by atomic mass is 16.3. The van der Waals surface area contributed by atoms with Crippen molar-refractivity contribution < 1.29 is 9.90 Å². The lowest BCUT2D eigenvalue weighted by atomic mass is 10.0. The molecule has 174 valence electrons. The number of carbonyl (C=O) groups is 1. The minimum Gasteiger partial charge on any atom is -0.501 e. The minimum absolute atomic E-state index is 0.0189.